The maximum atomic E-state index is 3.60. The van der Waals surface area contributed by atoms with Crippen LogP contribution in [-0.2, 0) is 19.4 Å². The minimum absolute atomic E-state index is 0.847. The van der Waals surface area contributed by atoms with E-state index in [0.29, 0.717) is 0 Å². The molecule has 1 N–H and O–H groups in total. The quantitative estimate of drug-likeness (QED) is 0.807. The molecule has 0 radical (unpaired) electrons. The maximum Gasteiger partial charge on any atom is 0.0233 e. The summed E-state index contributed by atoms with van der Waals surface area (Å²) in [7, 11) is 0. The zero-order valence-electron chi connectivity index (χ0n) is 13.5. The van der Waals surface area contributed by atoms with Crippen LogP contribution in [0.5, 0.6) is 0 Å². The fourth-order valence-corrected chi connectivity index (χ4v) is 3.93. The number of hydrogen-bond acceptors (Lipinski definition) is 2. The molecule has 1 saturated heterocycles. The second-order valence-corrected chi connectivity index (χ2v) is 6.90. The molecule has 0 aromatic heterocycles. The first-order valence-corrected chi connectivity index (χ1v) is 8.89. The van der Waals surface area contributed by atoms with Crippen molar-refractivity contribution in [2.24, 2.45) is 5.92 Å². The molecular weight excluding hydrogens is 256 g/mol. The zero-order chi connectivity index (χ0) is 14.5. The van der Waals surface area contributed by atoms with Crippen LogP contribution in [0.1, 0.15) is 49.3 Å². The Kier molecular flexibility index (Phi) is 5.32. The van der Waals surface area contributed by atoms with E-state index in [1.807, 2.05) is 0 Å². The summed E-state index contributed by atoms with van der Waals surface area (Å²) in [6.45, 7) is 8.32. The Morgan fingerprint density at radius 2 is 2.10 bits per heavy atom. The third-order valence-corrected chi connectivity index (χ3v) is 5.03. The summed E-state index contributed by atoms with van der Waals surface area (Å²) < 4.78 is 0. The van der Waals surface area contributed by atoms with E-state index in [4.69, 9.17) is 0 Å². The molecule has 2 heteroatoms. The predicted octanol–water partition coefficient (Wildman–Crippen LogP) is 3.39. The third kappa shape index (κ3) is 4.08. The Bertz CT molecular complexity index is 455. The molecule has 1 aromatic rings. The molecule has 0 amide bonds. The summed E-state index contributed by atoms with van der Waals surface area (Å²) >= 11 is 0. The topological polar surface area (TPSA) is 15.3 Å². The molecule has 0 bridgehead atoms. The van der Waals surface area contributed by atoms with Gasteiger partial charge in [0.15, 0.2) is 0 Å². The van der Waals surface area contributed by atoms with Crippen LogP contribution in [0.15, 0.2) is 18.2 Å². The lowest BCUT2D eigenvalue weighted by molar-refractivity contribution is 0.165. The SMILES string of the molecule is CCCNCC1CCCN(Cc2ccc3c(c2)CCC3)C1. The van der Waals surface area contributed by atoms with E-state index < -0.39 is 0 Å². The number of likely N-dealkylation sites (tertiary alicyclic amines) is 1. The van der Waals surface area contributed by atoms with Gasteiger partial charge >= 0.3 is 0 Å². The Labute approximate surface area is 129 Å². The van der Waals surface area contributed by atoms with Crippen molar-refractivity contribution in [3.8, 4) is 0 Å². The molecule has 0 saturated carbocycles. The molecule has 116 valence electrons. The van der Waals surface area contributed by atoms with Gasteiger partial charge in [-0.15, -0.1) is 0 Å². The highest BCUT2D eigenvalue weighted by atomic mass is 15.1. The van der Waals surface area contributed by atoms with Crippen LogP contribution >= 0.6 is 0 Å². The van der Waals surface area contributed by atoms with Crippen LogP contribution in [-0.4, -0.2) is 31.1 Å². The van der Waals surface area contributed by atoms with Crippen molar-refractivity contribution >= 4 is 0 Å². The minimum Gasteiger partial charge on any atom is -0.316 e. The summed E-state index contributed by atoms with van der Waals surface area (Å²) in [5.41, 5.74) is 4.74. The van der Waals surface area contributed by atoms with Crippen LogP contribution in [0, 0.1) is 5.92 Å². The van der Waals surface area contributed by atoms with Crippen LogP contribution < -0.4 is 5.32 Å². The molecule has 1 unspecified atom stereocenters. The molecule has 3 rings (SSSR count). The van der Waals surface area contributed by atoms with E-state index in [1.54, 1.807) is 11.1 Å². The van der Waals surface area contributed by atoms with Gasteiger partial charge in [-0.25, -0.2) is 0 Å². The number of piperidine rings is 1. The number of benzene rings is 1. The van der Waals surface area contributed by atoms with E-state index in [2.05, 4.69) is 35.3 Å². The van der Waals surface area contributed by atoms with Gasteiger partial charge in [-0.05, 0) is 80.8 Å². The van der Waals surface area contributed by atoms with Crippen LogP contribution in [0.2, 0.25) is 0 Å². The van der Waals surface area contributed by atoms with Gasteiger partial charge in [-0.1, -0.05) is 25.1 Å². The summed E-state index contributed by atoms with van der Waals surface area (Å²) in [5.74, 6) is 0.847. The molecule has 0 spiro atoms. The van der Waals surface area contributed by atoms with Crippen molar-refractivity contribution in [2.75, 3.05) is 26.2 Å². The molecule has 2 nitrogen and oxygen atoms in total. The molecule has 1 aromatic carbocycles. The highest BCUT2D eigenvalue weighted by Crippen LogP contribution is 2.24. The lowest BCUT2D eigenvalue weighted by atomic mass is 9.97. The van der Waals surface area contributed by atoms with E-state index in [1.165, 1.54) is 70.3 Å². The lowest BCUT2D eigenvalue weighted by Gasteiger charge is -2.33. The molecule has 1 aliphatic heterocycles. The highest BCUT2D eigenvalue weighted by molar-refractivity contribution is 5.35. The van der Waals surface area contributed by atoms with Crippen molar-refractivity contribution in [3.05, 3.63) is 34.9 Å². The fraction of sp³-hybridized carbons (Fsp3) is 0.684. The first-order chi connectivity index (χ1) is 10.3. The Morgan fingerprint density at radius 1 is 1.19 bits per heavy atom. The average Bonchev–Trinajstić information content (AvgIpc) is 2.95. The number of fused-ring (bicyclic) bond motifs is 1. The molecule has 2 aliphatic rings. The zero-order valence-corrected chi connectivity index (χ0v) is 13.5. The number of nitrogens with one attached hydrogen (secondary N) is 1. The second kappa shape index (κ2) is 7.42. The number of aryl methyl sites for hydroxylation is 2. The van der Waals surface area contributed by atoms with Gasteiger partial charge in [0.1, 0.15) is 0 Å². The van der Waals surface area contributed by atoms with Gasteiger partial charge < -0.3 is 5.32 Å². The summed E-state index contributed by atoms with van der Waals surface area (Å²) in [6.07, 6.45) is 7.96. The summed E-state index contributed by atoms with van der Waals surface area (Å²) in [5, 5.41) is 3.60. The first-order valence-electron chi connectivity index (χ1n) is 8.89. The molecule has 21 heavy (non-hydrogen) atoms. The first kappa shape index (κ1) is 15.1. The van der Waals surface area contributed by atoms with E-state index in [0.717, 1.165) is 12.5 Å². The number of rotatable bonds is 6. The van der Waals surface area contributed by atoms with E-state index in [9.17, 15) is 0 Å². The second-order valence-electron chi connectivity index (χ2n) is 6.90. The van der Waals surface area contributed by atoms with Gasteiger partial charge in [0.05, 0.1) is 0 Å². The smallest absolute Gasteiger partial charge is 0.0233 e. The predicted molar refractivity (Wildman–Crippen MR) is 89.6 cm³/mol. The molecule has 1 fully saturated rings. The number of hydrogen-bond donors (Lipinski definition) is 1. The highest BCUT2D eigenvalue weighted by Gasteiger charge is 2.20. The van der Waals surface area contributed by atoms with Crippen molar-refractivity contribution in [2.45, 2.75) is 52.0 Å². The van der Waals surface area contributed by atoms with Crippen molar-refractivity contribution in [1.29, 1.82) is 0 Å². The van der Waals surface area contributed by atoms with Crippen molar-refractivity contribution in [3.63, 3.8) is 0 Å². The monoisotopic (exact) mass is 286 g/mol. The van der Waals surface area contributed by atoms with Gasteiger partial charge in [0.25, 0.3) is 0 Å². The van der Waals surface area contributed by atoms with E-state index in [-0.39, 0.29) is 0 Å². The maximum absolute atomic E-state index is 3.60. The summed E-state index contributed by atoms with van der Waals surface area (Å²) in [6, 6.07) is 7.21. The van der Waals surface area contributed by atoms with Crippen molar-refractivity contribution in [1.82, 2.24) is 10.2 Å². The lowest BCUT2D eigenvalue weighted by Crippen LogP contribution is -2.39. The Morgan fingerprint density at radius 3 is 3.00 bits per heavy atom. The standard InChI is InChI=1S/C19H30N2/c1-2-10-20-13-17-5-4-11-21(15-17)14-16-8-9-18-6-3-7-19(18)12-16/h8-9,12,17,20H,2-7,10-11,13-15H2,1H3. The molecule has 1 aliphatic carbocycles. The Balaban J connectivity index is 1.52. The fourth-order valence-electron chi connectivity index (χ4n) is 3.93. The molecule has 1 atom stereocenters. The molecule has 1 heterocycles. The summed E-state index contributed by atoms with van der Waals surface area (Å²) in [4.78, 5) is 2.67. The minimum atomic E-state index is 0.847. The van der Waals surface area contributed by atoms with Crippen LogP contribution in [0.25, 0.3) is 0 Å². The largest absolute Gasteiger partial charge is 0.316 e. The third-order valence-electron chi connectivity index (χ3n) is 5.03. The van der Waals surface area contributed by atoms with E-state index >= 15 is 0 Å². The van der Waals surface area contributed by atoms with Gasteiger partial charge in [-0.3, -0.25) is 4.90 Å². The Hall–Kier alpha value is -0.860. The van der Waals surface area contributed by atoms with Gasteiger partial charge in [0.2, 0.25) is 0 Å². The number of nitrogens with zero attached hydrogens (tertiary/aromatic N) is 1. The van der Waals surface area contributed by atoms with Crippen molar-refractivity contribution < 1.29 is 0 Å². The molecular formula is C19H30N2. The van der Waals surface area contributed by atoms with Crippen LogP contribution in [0.4, 0.5) is 0 Å². The normalized spacial score (nSPS) is 22.4. The van der Waals surface area contributed by atoms with Gasteiger partial charge in [-0.2, -0.15) is 0 Å². The van der Waals surface area contributed by atoms with Crippen LogP contribution in [0.3, 0.4) is 0 Å². The van der Waals surface area contributed by atoms with Gasteiger partial charge in [0, 0.05) is 13.1 Å². The average molecular weight is 286 g/mol.